The smallest absolute Gasteiger partial charge is 0.234 e. The maximum absolute atomic E-state index is 12.0. The number of aliphatic hydroxyl groups is 1. The number of amides is 1. The Morgan fingerprint density at radius 3 is 2.95 bits per heavy atom. The van der Waals surface area contributed by atoms with Gasteiger partial charge in [-0.25, -0.2) is 0 Å². The third kappa shape index (κ3) is 4.44. The molecule has 0 radical (unpaired) electrons. The van der Waals surface area contributed by atoms with E-state index in [1.807, 2.05) is 36.1 Å². The number of piperidine rings is 1. The van der Waals surface area contributed by atoms with Gasteiger partial charge in [0, 0.05) is 18.7 Å². The number of likely N-dealkylation sites (tertiary alicyclic amines) is 1. The van der Waals surface area contributed by atoms with Crippen LogP contribution in [0, 0.1) is 5.92 Å². The highest BCUT2D eigenvalue weighted by Gasteiger charge is 2.25. The van der Waals surface area contributed by atoms with Crippen molar-refractivity contribution in [2.45, 2.75) is 26.0 Å². The Morgan fingerprint density at radius 1 is 1.48 bits per heavy atom. The highest BCUT2D eigenvalue weighted by atomic mass is 16.5. The van der Waals surface area contributed by atoms with Gasteiger partial charge in [-0.2, -0.15) is 0 Å². The van der Waals surface area contributed by atoms with E-state index in [-0.39, 0.29) is 12.0 Å². The minimum absolute atomic E-state index is 0.0253. The van der Waals surface area contributed by atoms with Crippen LogP contribution in [0.4, 0.5) is 0 Å². The van der Waals surface area contributed by atoms with Crippen molar-refractivity contribution in [3.05, 3.63) is 29.8 Å². The molecule has 21 heavy (non-hydrogen) atoms. The van der Waals surface area contributed by atoms with E-state index < -0.39 is 0 Å². The second kappa shape index (κ2) is 7.43. The second-order valence-electron chi connectivity index (χ2n) is 5.66. The first-order valence-electron chi connectivity index (χ1n) is 7.39. The number of nitrogens with one attached hydrogen (secondary N) is 1. The van der Waals surface area contributed by atoms with Gasteiger partial charge in [0.1, 0.15) is 5.75 Å². The molecule has 1 amide bonds. The lowest BCUT2D eigenvalue weighted by atomic mass is 9.96. The monoisotopic (exact) mass is 292 g/mol. The first-order chi connectivity index (χ1) is 10.1. The molecule has 1 aliphatic heterocycles. The zero-order valence-electron chi connectivity index (χ0n) is 12.7. The summed E-state index contributed by atoms with van der Waals surface area (Å²) in [7, 11) is 1.62. The quantitative estimate of drug-likeness (QED) is 0.850. The number of hydrogen-bond acceptors (Lipinski definition) is 4. The molecule has 2 atom stereocenters. The molecule has 1 aromatic rings. The van der Waals surface area contributed by atoms with Crippen LogP contribution >= 0.6 is 0 Å². The van der Waals surface area contributed by atoms with Gasteiger partial charge >= 0.3 is 0 Å². The summed E-state index contributed by atoms with van der Waals surface area (Å²) in [5.74, 6) is 1.07. The van der Waals surface area contributed by atoms with Crippen LogP contribution in [-0.4, -0.2) is 48.8 Å². The van der Waals surface area contributed by atoms with Gasteiger partial charge in [-0.1, -0.05) is 25.1 Å². The van der Waals surface area contributed by atoms with Crippen molar-refractivity contribution in [1.82, 2.24) is 10.2 Å². The van der Waals surface area contributed by atoms with Crippen LogP contribution in [0.5, 0.6) is 5.75 Å². The van der Waals surface area contributed by atoms with Crippen LogP contribution in [0.1, 0.15) is 18.9 Å². The average molecular weight is 292 g/mol. The summed E-state index contributed by atoms with van der Waals surface area (Å²) < 4.78 is 5.26. The normalized spacial score (nSPS) is 22.8. The number of aliphatic hydroxyl groups excluding tert-OH is 1. The highest BCUT2D eigenvalue weighted by molar-refractivity contribution is 5.78. The van der Waals surface area contributed by atoms with Crippen LogP contribution < -0.4 is 10.1 Å². The molecule has 0 spiro atoms. The number of rotatable bonds is 5. The van der Waals surface area contributed by atoms with Crippen LogP contribution in [0.2, 0.25) is 0 Å². The Hall–Kier alpha value is -1.59. The van der Waals surface area contributed by atoms with Crippen LogP contribution in [-0.2, 0) is 11.3 Å². The maximum atomic E-state index is 12.0. The number of benzene rings is 1. The van der Waals surface area contributed by atoms with Gasteiger partial charge in [0.05, 0.1) is 19.8 Å². The summed E-state index contributed by atoms with van der Waals surface area (Å²) >= 11 is 0. The van der Waals surface area contributed by atoms with Gasteiger partial charge in [0.25, 0.3) is 0 Å². The molecule has 2 unspecified atom stereocenters. The molecule has 1 aromatic carbocycles. The van der Waals surface area contributed by atoms with E-state index in [0.29, 0.717) is 25.6 Å². The minimum atomic E-state index is -0.333. The summed E-state index contributed by atoms with van der Waals surface area (Å²) in [6.45, 7) is 4.27. The lowest BCUT2D eigenvalue weighted by molar-refractivity contribution is -0.123. The summed E-state index contributed by atoms with van der Waals surface area (Å²) in [6, 6.07) is 7.64. The fourth-order valence-corrected chi connectivity index (χ4v) is 2.56. The van der Waals surface area contributed by atoms with E-state index in [1.165, 1.54) is 0 Å². The third-order valence-corrected chi connectivity index (χ3v) is 4.04. The fraction of sp³-hybridized carbons (Fsp3) is 0.562. The molecule has 2 N–H and O–H groups in total. The molecule has 116 valence electrons. The zero-order valence-corrected chi connectivity index (χ0v) is 12.7. The summed E-state index contributed by atoms with van der Waals surface area (Å²) in [6.07, 6.45) is 0.599. The van der Waals surface area contributed by atoms with Crippen molar-refractivity contribution in [2.75, 3.05) is 26.7 Å². The predicted molar refractivity (Wildman–Crippen MR) is 81.1 cm³/mol. The van der Waals surface area contributed by atoms with E-state index in [4.69, 9.17) is 4.74 Å². The third-order valence-electron chi connectivity index (χ3n) is 4.04. The number of methoxy groups -OCH3 is 1. The van der Waals surface area contributed by atoms with Gasteiger partial charge in [0.15, 0.2) is 0 Å². The Morgan fingerprint density at radius 2 is 2.24 bits per heavy atom. The van der Waals surface area contributed by atoms with Crippen LogP contribution in [0.15, 0.2) is 24.3 Å². The maximum Gasteiger partial charge on any atom is 0.234 e. The molecule has 0 bridgehead atoms. The van der Waals surface area contributed by atoms with Crippen molar-refractivity contribution in [1.29, 1.82) is 0 Å². The van der Waals surface area contributed by atoms with Crippen molar-refractivity contribution in [2.24, 2.45) is 5.92 Å². The van der Waals surface area contributed by atoms with Gasteiger partial charge in [-0.3, -0.25) is 9.69 Å². The SMILES string of the molecule is COc1ccccc1CNC(=O)CN1CCC(C)C(O)C1. The second-order valence-corrected chi connectivity index (χ2v) is 5.66. The molecule has 5 heteroatoms. The lowest BCUT2D eigenvalue weighted by Crippen LogP contribution is -2.46. The molecule has 0 saturated carbocycles. The highest BCUT2D eigenvalue weighted by Crippen LogP contribution is 2.17. The van der Waals surface area contributed by atoms with Gasteiger partial charge < -0.3 is 15.2 Å². The zero-order chi connectivity index (χ0) is 15.2. The summed E-state index contributed by atoms with van der Waals surface area (Å²) in [5, 5.41) is 12.8. The Kier molecular flexibility index (Phi) is 5.59. The lowest BCUT2D eigenvalue weighted by Gasteiger charge is -2.33. The molecule has 1 saturated heterocycles. The summed E-state index contributed by atoms with van der Waals surface area (Å²) in [5.41, 5.74) is 0.959. The molecular weight excluding hydrogens is 268 g/mol. The van der Waals surface area contributed by atoms with E-state index in [1.54, 1.807) is 7.11 Å². The van der Waals surface area contributed by atoms with Crippen LogP contribution in [0.25, 0.3) is 0 Å². The molecule has 2 rings (SSSR count). The molecule has 1 fully saturated rings. The van der Waals surface area contributed by atoms with E-state index in [0.717, 1.165) is 24.3 Å². The molecule has 1 heterocycles. The largest absolute Gasteiger partial charge is 0.496 e. The van der Waals surface area contributed by atoms with Gasteiger partial charge in [-0.15, -0.1) is 0 Å². The standard InChI is InChI=1S/C16H24N2O3/c1-12-7-8-18(10-14(12)19)11-16(20)17-9-13-5-3-4-6-15(13)21-2/h3-6,12,14,19H,7-11H2,1-2H3,(H,17,20). The van der Waals surface area contributed by atoms with Crippen molar-refractivity contribution in [3.63, 3.8) is 0 Å². The average Bonchev–Trinajstić information content (AvgIpc) is 2.49. The van der Waals surface area contributed by atoms with Crippen molar-refractivity contribution < 1.29 is 14.6 Å². The first kappa shape index (κ1) is 15.8. The molecule has 0 aliphatic carbocycles. The fourth-order valence-electron chi connectivity index (χ4n) is 2.56. The molecule has 1 aliphatic rings. The Labute approximate surface area is 125 Å². The first-order valence-corrected chi connectivity index (χ1v) is 7.39. The number of carbonyl (C=O) groups excluding carboxylic acids is 1. The van der Waals surface area contributed by atoms with Crippen molar-refractivity contribution >= 4 is 5.91 Å². The number of nitrogens with zero attached hydrogens (tertiary/aromatic N) is 1. The topological polar surface area (TPSA) is 61.8 Å². The number of β-amino-alcohol motifs (C(OH)–C–C–N with tert-alkyl or cyclic N) is 1. The predicted octanol–water partition coefficient (Wildman–Crippen LogP) is 1.01. The summed E-state index contributed by atoms with van der Waals surface area (Å²) in [4.78, 5) is 14.0. The number of carbonyl (C=O) groups is 1. The van der Waals surface area contributed by atoms with E-state index in [9.17, 15) is 9.90 Å². The number of hydrogen-bond donors (Lipinski definition) is 2. The van der Waals surface area contributed by atoms with Crippen molar-refractivity contribution in [3.8, 4) is 5.75 Å². The Bertz CT molecular complexity index is 478. The minimum Gasteiger partial charge on any atom is -0.496 e. The Balaban J connectivity index is 1.80. The van der Waals surface area contributed by atoms with E-state index >= 15 is 0 Å². The molecular formula is C16H24N2O3. The van der Waals surface area contributed by atoms with E-state index in [2.05, 4.69) is 5.32 Å². The number of para-hydroxylation sites is 1. The van der Waals surface area contributed by atoms with Gasteiger partial charge in [0.2, 0.25) is 5.91 Å². The van der Waals surface area contributed by atoms with Crippen LogP contribution in [0.3, 0.4) is 0 Å². The van der Waals surface area contributed by atoms with Gasteiger partial charge in [-0.05, 0) is 24.9 Å². The molecule has 5 nitrogen and oxygen atoms in total. The molecule has 0 aromatic heterocycles. The number of ether oxygens (including phenoxy) is 1.